The molecule has 2 N–H and O–H groups in total. The number of carboxylic acids is 1. The van der Waals surface area contributed by atoms with Crippen LogP contribution in [-0.2, 0) is 4.74 Å². The van der Waals surface area contributed by atoms with Crippen LogP contribution in [0.15, 0.2) is 28.9 Å². The number of hydrogen-bond donors (Lipinski definition) is 2. The molecule has 1 aliphatic rings. The third kappa shape index (κ3) is 3.48. The average Bonchev–Trinajstić information content (AvgIpc) is 2.55. The summed E-state index contributed by atoms with van der Waals surface area (Å²) in [6.45, 7) is 0. The van der Waals surface area contributed by atoms with Gasteiger partial charge < -0.3 is 15.2 Å². The maximum Gasteiger partial charge on any atom is 0.339 e. The van der Waals surface area contributed by atoms with Gasteiger partial charge in [0.2, 0.25) is 0 Å². The topological polar surface area (TPSA) is 71.5 Å². The van der Waals surface area contributed by atoms with Crippen LogP contribution < -0.4 is 5.32 Å². The number of nitrogens with zero attached hydrogens (tertiary/aromatic N) is 1. The number of aromatic nitrogens is 1. The van der Waals surface area contributed by atoms with Gasteiger partial charge in [-0.15, -0.1) is 0 Å². The quantitative estimate of drug-likeness (QED) is 0.838. The van der Waals surface area contributed by atoms with Gasteiger partial charge in [0.15, 0.2) is 0 Å². The van der Waals surface area contributed by atoms with Crippen molar-refractivity contribution in [2.24, 2.45) is 0 Å². The van der Waals surface area contributed by atoms with Gasteiger partial charge in [0.25, 0.3) is 0 Å². The van der Waals surface area contributed by atoms with Crippen LogP contribution in [0.25, 0.3) is 10.9 Å². The van der Waals surface area contributed by atoms with E-state index in [0.717, 1.165) is 41.1 Å². The summed E-state index contributed by atoms with van der Waals surface area (Å²) in [4.78, 5) is 15.8. The molecule has 0 unspecified atom stereocenters. The first-order valence-electron chi connectivity index (χ1n) is 7.69. The number of rotatable bonds is 4. The van der Waals surface area contributed by atoms with Gasteiger partial charge >= 0.3 is 5.97 Å². The van der Waals surface area contributed by atoms with Crippen LogP contribution >= 0.6 is 15.9 Å². The molecule has 1 saturated carbocycles. The fourth-order valence-corrected chi connectivity index (χ4v) is 3.49. The number of benzene rings is 1. The van der Waals surface area contributed by atoms with E-state index in [-0.39, 0.29) is 11.6 Å². The van der Waals surface area contributed by atoms with Crippen molar-refractivity contribution < 1.29 is 14.6 Å². The zero-order valence-electron chi connectivity index (χ0n) is 12.9. The summed E-state index contributed by atoms with van der Waals surface area (Å²) in [6, 6.07) is 5.96. The molecule has 1 fully saturated rings. The number of pyridine rings is 1. The highest BCUT2D eigenvalue weighted by atomic mass is 79.9. The Bertz CT molecular complexity index is 727. The molecular formula is C17H19BrN2O3. The number of nitrogens with one attached hydrogen (secondary N) is 1. The summed E-state index contributed by atoms with van der Waals surface area (Å²) in [7, 11) is 1.74. The Morgan fingerprint density at radius 1 is 1.35 bits per heavy atom. The van der Waals surface area contributed by atoms with Crippen LogP contribution in [0.5, 0.6) is 0 Å². The zero-order valence-corrected chi connectivity index (χ0v) is 14.5. The number of aromatic carboxylic acids is 1. The molecule has 122 valence electrons. The number of methoxy groups -OCH3 is 1. The normalized spacial score (nSPS) is 21.3. The summed E-state index contributed by atoms with van der Waals surface area (Å²) in [5, 5.41) is 13.8. The predicted molar refractivity (Wildman–Crippen MR) is 93.1 cm³/mol. The Labute approximate surface area is 143 Å². The van der Waals surface area contributed by atoms with E-state index in [4.69, 9.17) is 4.74 Å². The number of halogens is 1. The first kappa shape index (κ1) is 16.2. The Morgan fingerprint density at radius 2 is 2.09 bits per heavy atom. The van der Waals surface area contributed by atoms with E-state index in [0.29, 0.717) is 11.8 Å². The van der Waals surface area contributed by atoms with Crippen LogP contribution in [0.2, 0.25) is 0 Å². The van der Waals surface area contributed by atoms with Gasteiger partial charge in [-0.3, -0.25) is 4.98 Å². The summed E-state index contributed by atoms with van der Waals surface area (Å²) in [6.07, 6.45) is 5.66. The van der Waals surface area contributed by atoms with E-state index in [2.05, 4.69) is 26.2 Å². The smallest absolute Gasteiger partial charge is 0.339 e. The summed E-state index contributed by atoms with van der Waals surface area (Å²) in [5.74, 6) is -0.965. The lowest BCUT2D eigenvalue weighted by Crippen LogP contribution is -2.30. The molecule has 1 aliphatic carbocycles. The Morgan fingerprint density at radius 3 is 2.74 bits per heavy atom. The summed E-state index contributed by atoms with van der Waals surface area (Å²) in [5.41, 5.74) is 1.65. The molecule has 0 atom stereocenters. The molecule has 0 bridgehead atoms. The molecule has 3 rings (SSSR count). The van der Waals surface area contributed by atoms with Crippen molar-refractivity contribution in [3.05, 3.63) is 34.4 Å². The third-order valence-electron chi connectivity index (χ3n) is 4.42. The number of fused-ring (bicyclic) bond motifs is 1. The molecule has 0 amide bonds. The molecule has 0 aliphatic heterocycles. The number of carboxylic acid groups (broad SMARTS) is 1. The first-order chi connectivity index (χ1) is 11.1. The highest BCUT2D eigenvalue weighted by Crippen LogP contribution is 2.32. The van der Waals surface area contributed by atoms with Crippen LogP contribution in [0.3, 0.4) is 0 Å². The minimum absolute atomic E-state index is 0.212. The van der Waals surface area contributed by atoms with E-state index < -0.39 is 5.97 Å². The van der Waals surface area contributed by atoms with Crippen molar-refractivity contribution in [1.29, 1.82) is 0 Å². The van der Waals surface area contributed by atoms with Crippen molar-refractivity contribution in [3.63, 3.8) is 0 Å². The second-order valence-electron chi connectivity index (χ2n) is 5.87. The molecule has 2 aromatic rings. The largest absolute Gasteiger partial charge is 0.478 e. The van der Waals surface area contributed by atoms with E-state index in [9.17, 15) is 9.90 Å². The van der Waals surface area contributed by atoms with Crippen molar-refractivity contribution in [2.75, 3.05) is 12.4 Å². The second kappa shape index (κ2) is 6.84. The number of hydrogen-bond acceptors (Lipinski definition) is 4. The highest BCUT2D eigenvalue weighted by molar-refractivity contribution is 9.10. The zero-order chi connectivity index (χ0) is 16.4. The van der Waals surface area contributed by atoms with Gasteiger partial charge in [0.05, 0.1) is 17.3 Å². The van der Waals surface area contributed by atoms with Crippen molar-refractivity contribution in [3.8, 4) is 0 Å². The van der Waals surface area contributed by atoms with Crippen LogP contribution in [-0.4, -0.2) is 35.3 Å². The van der Waals surface area contributed by atoms with Gasteiger partial charge in [-0.2, -0.15) is 0 Å². The minimum atomic E-state index is -0.965. The third-order valence-corrected chi connectivity index (χ3v) is 4.91. The Hall–Kier alpha value is -1.66. The van der Waals surface area contributed by atoms with Crippen LogP contribution in [0, 0.1) is 0 Å². The van der Waals surface area contributed by atoms with E-state index in [1.165, 1.54) is 6.20 Å². The van der Waals surface area contributed by atoms with E-state index in [1.807, 2.05) is 18.2 Å². The lowest BCUT2D eigenvalue weighted by atomic mass is 9.92. The highest BCUT2D eigenvalue weighted by Gasteiger charge is 2.23. The fourth-order valence-electron chi connectivity index (χ4n) is 3.13. The van der Waals surface area contributed by atoms with Gasteiger partial charge in [-0.25, -0.2) is 4.79 Å². The first-order valence-corrected chi connectivity index (χ1v) is 8.48. The molecule has 1 aromatic heterocycles. The Kier molecular flexibility index (Phi) is 4.82. The molecule has 5 nitrogen and oxygen atoms in total. The molecule has 6 heteroatoms. The van der Waals surface area contributed by atoms with Gasteiger partial charge in [-0.05, 0) is 43.9 Å². The van der Waals surface area contributed by atoms with Crippen molar-refractivity contribution in [2.45, 2.75) is 37.8 Å². The van der Waals surface area contributed by atoms with E-state index in [1.54, 1.807) is 7.11 Å². The molecule has 1 heterocycles. The van der Waals surface area contributed by atoms with E-state index >= 15 is 0 Å². The lowest BCUT2D eigenvalue weighted by Gasteiger charge is -2.29. The summed E-state index contributed by atoms with van der Waals surface area (Å²) >= 11 is 3.45. The molecular weight excluding hydrogens is 360 g/mol. The standard InChI is InChI=1S/C17H19BrN2O3/c1-23-12-5-3-11(4-6-12)20-16-13-8-10(18)2-7-15(13)19-9-14(16)17(21)22/h2,7-9,11-12H,3-6H2,1H3,(H,19,20)(H,21,22)/t11-,12+. The number of anilines is 1. The summed E-state index contributed by atoms with van der Waals surface area (Å²) < 4.78 is 6.30. The SMILES string of the molecule is CO[C@H]1CC[C@@H](Nc2c(C(=O)O)cnc3ccc(Br)cc23)CC1. The minimum Gasteiger partial charge on any atom is -0.478 e. The maximum absolute atomic E-state index is 11.6. The van der Waals surface area contributed by atoms with Crippen LogP contribution in [0.4, 0.5) is 5.69 Å². The van der Waals surface area contributed by atoms with Crippen molar-refractivity contribution >= 4 is 38.5 Å². The second-order valence-corrected chi connectivity index (χ2v) is 6.78. The lowest BCUT2D eigenvalue weighted by molar-refractivity contribution is 0.0676. The molecule has 0 spiro atoms. The predicted octanol–water partition coefficient (Wildman–Crippen LogP) is 4.07. The van der Waals surface area contributed by atoms with Gasteiger partial charge in [-0.1, -0.05) is 15.9 Å². The Balaban J connectivity index is 1.95. The fraction of sp³-hybridized carbons (Fsp3) is 0.412. The maximum atomic E-state index is 11.6. The molecule has 23 heavy (non-hydrogen) atoms. The average molecular weight is 379 g/mol. The number of carbonyl (C=O) groups is 1. The molecule has 0 saturated heterocycles. The molecule has 0 radical (unpaired) electrons. The van der Waals surface area contributed by atoms with Gasteiger partial charge in [0.1, 0.15) is 5.56 Å². The van der Waals surface area contributed by atoms with Crippen LogP contribution in [0.1, 0.15) is 36.0 Å². The van der Waals surface area contributed by atoms with Crippen molar-refractivity contribution in [1.82, 2.24) is 4.98 Å². The molecule has 1 aromatic carbocycles. The van der Waals surface area contributed by atoms with Gasteiger partial charge in [0, 0.05) is 29.2 Å². The number of ether oxygens (including phenoxy) is 1. The monoisotopic (exact) mass is 378 g/mol.